The van der Waals surface area contributed by atoms with Crippen molar-refractivity contribution < 1.29 is 4.39 Å². The van der Waals surface area contributed by atoms with Crippen molar-refractivity contribution in [2.45, 2.75) is 9.79 Å². The zero-order valence-electron chi connectivity index (χ0n) is 16.6. The average molecular weight is 423 g/mol. The van der Waals surface area contributed by atoms with Gasteiger partial charge < -0.3 is 4.98 Å². The number of halogens is 1. The van der Waals surface area contributed by atoms with Gasteiger partial charge in [0.15, 0.2) is 0 Å². The molecule has 0 spiro atoms. The van der Waals surface area contributed by atoms with Gasteiger partial charge in [-0.25, -0.2) is 9.37 Å². The van der Waals surface area contributed by atoms with E-state index in [2.05, 4.69) is 41.4 Å². The number of nitrogens with one attached hydrogen (secondary N) is 1. The molecule has 31 heavy (non-hydrogen) atoms. The lowest BCUT2D eigenvalue weighted by atomic mass is 10.1. The molecule has 1 N–H and O–H groups in total. The van der Waals surface area contributed by atoms with Crippen LogP contribution in [0.2, 0.25) is 0 Å². The third-order valence-corrected chi connectivity index (χ3v) is 6.01. The maximum atomic E-state index is 13.4. The van der Waals surface area contributed by atoms with Crippen LogP contribution < -0.4 is 0 Å². The summed E-state index contributed by atoms with van der Waals surface area (Å²) in [6.45, 7) is 0. The summed E-state index contributed by atoms with van der Waals surface area (Å²) in [5, 5.41) is 0. The van der Waals surface area contributed by atoms with Crippen LogP contribution in [-0.4, -0.2) is 9.97 Å². The summed E-state index contributed by atoms with van der Waals surface area (Å²) in [7, 11) is 0. The second-order valence-electron chi connectivity index (χ2n) is 7.12. The Hall–Kier alpha value is -3.63. The number of hydrogen-bond acceptors (Lipinski definition) is 2. The number of imidazole rings is 1. The molecule has 1 heterocycles. The van der Waals surface area contributed by atoms with Gasteiger partial charge in [0, 0.05) is 26.5 Å². The van der Waals surface area contributed by atoms with Crippen molar-refractivity contribution in [2.75, 3.05) is 0 Å². The molecule has 0 aliphatic carbocycles. The Balaban J connectivity index is 1.53. The van der Waals surface area contributed by atoms with Crippen molar-refractivity contribution >= 4 is 11.8 Å². The van der Waals surface area contributed by atoms with Crippen LogP contribution >= 0.6 is 11.8 Å². The predicted molar refractivity (Wildman–Crippen MR) is 125 cm³/mol. The van der Waals surface area contributed by atoms with E-state index in [1.165, 1.54) is 21.9 Å². The first-order valence-electron chi connectivity index (χ1n) is 10.0. The van der Waals surface area contributed by atoms with Crippen LogP contribution in [-0.2, 0) is 0 Å². The minimum absolute atomic E-state index is 0.259. The second kappa shape index (κ2) is 8.62. The Bertz CT molecular complexity index is 1280. The zero-order chi connectivity index (χ0) is 21.0. The smallest absolute Gasteiger partial charge is 0.138 e. The minimum Gasteiger partial charge on any atom is -0.337 e. The van der Waals surface area contributed by atoms with Gasteiger partial charge in [-0.1, -0.05) is 72.4 Å². The molecule has 0 aliphatic rings. The van der Waals surface area contributed by atoms with Crippen molar-refractivity contribution in [2.24, 2.45) is 0 Å². The molecule has 5 rings (SSSR count). The van der Waals surface area contributed by atoms with Gasteiger partial charge in [0.05, 0.1) is 11.4 Å². The summed E-state index contributed by atoms with van der Waals surface area (Å²) in [6.07, 6.45) is 0. The summed E-state index contributed by atoms with van der Waals surface area (Å²) in [5.41, 5.74) is 4.76. The lowest BCUT2D eigenvalue weighted by molar-refractivity contribution is 0.628. The van der Waals surface area contributed by atoms with Crippen LogP contribution in [0.15, 0.2) is 119 Å². The van der Waals surface area contributed by atoms with Crippen LogP contribution in [0.5, 0.6) is 0 Å². The average Bonchev–Trinajstić information content (AvgIpc) is 3.27. The van der Waals surface area contributed by atoms with Crippen LogP contribution in [0.25, 0.3) is 33.9 Å². The van der Waals surface area contributed by atoms with Gasteiger partial charge in [0.2, 0.25) is 0 Å². The molecule has 0 radical (unpaired) electrons. The van der Waals surface area contributed by atoms with Crippen molar-refractivity contribution in [1.29, 1.82) is 0 Å². The normalized spacial score (nSPS) is 10.9. The number of H-pyrrole nitrogens is 1. The predicted octanol–water partition coefficient (Wildman–Crippen LogP) is 7.70. The highest BCUT2D eigenvalue weighted by Crippen LogP contribution is 2.35. The molecular weight excluding hydrogens is 403 g/mol. The third-order valence-electron chi connectivity index (χ3n) is 4.99. The highest BCUT2D eigenvalue weighted by atomic mass is 32.2. The second-order valence-corrected chi connectivity index (χ2v) is 8.27. The van der Waals surface area contributed by atoms with Gasteiger partial charge in [0.1, 0.15) is 11.6 Å². The molecule has 0 aliphatic heterocycles. The van der Waals surface area contributed by atoms with Crippen molar-refractivity contribution in [3.8, 4) is 33.9 Å². The molecule has 0 unspecified atom stereocenters. The monoisotopic (exact) mass is 422 g/mol. The molecule has 0 fully saturated rings. The quantitative estimate of drug-likeness (QED) is 0.314. The largest absolute Gasteiger partial charge is 0.337 e. The number of nitrogens with zero attached hydrogens (tertiary/aromatic N) is 1. The van der Waals surface area contributed by atoms with Gasteiger partial charge in [0.25, 0.3) is 0 Å². The first-order valence-corrected chi connectivity index (χ1v) is 10.8. The van der Waals surface area contributed by atoms with E-state index in [9.17, 15) is 4.39 Å². The van der Waals surface area contributed by atoms with Gasteiger partial charge in [-0.15, -0.1) is 0 Å². The van der Waals surface area contributed by atoms with E-state index < -0.39 is 0 Å². The van der Waals surface area contributed by atoms with E-state index in [0.717, 1.165) is 33.9 Å². The van der Waals surface area contributed by atoms with E-state index in [0.29, 0.717) is 0 Å². The lowest BCUT2D eigenvalue weighted by Crippen LogP contribution is -1.84. The van der Waals surface area contributed by atoms with Crippen LogP contribution in [0.3, 0.4) is 0 Å². The molecular formula is C27H19FN2S. The molecule has 4 aromatic carbocycles. The molecule has 5 aromatic rings. The minimum atomic E-state index is -0.259. The van der Waals surface area contributed by atoms with E-state index >= 15 is 0 Å². The summed E-state index contributed by atoms with van der Waals surface area (Å²) in [5.74, 6) is 0.460. The Labute approximate surface area is 184 Å². The summed E-state index contributed by atoms with van der Waals surface area (Å²) in [4.78, 5) is 10.7. The molecule has 0 atom stereocenters. The number of benzene rings is 4. The highest BCUT2D eigenvalue weighted by molar-refractivity contribution is 7.99. The topological polar surface area (TPSA) is 28.7 Å². The van der Waals surface area contributed by atoms with Crippen molar-refractivity contribution in [3.05, 3.63) is 115 Å². The Kier molecular flexibility index (Phi) is 5.38. The van der Waals surface area contributed by atoms with E-state index in [1.54, 1.807) is 23.9 Å². The standard InChI is InChI=1S/C27H19FN2S/c28-22-15-11-21(12-16-22)27-29-25(19-7-3-1-4-8-19)26(30-27)20-13-17-24(18-14-20)31-23-9-5-2-6-10-23/h1-18H,(H,29,30). The number of rotatable bonds is 5. The molecule has 0 saturated heterocycles. The first-order chi connectivity index (χ1) is 15.3. The summed E-state index contributed by atoms with van der Waals surface area (Å²) >= 11 is 1.73. The van der Waals surface area contributed by atoms with Gasteiger partial charge in [-0.3, -0.25) is 0 Å². The molecule has 2 nitrogen and oxygen atoms in total. The van der Waals surface area contributed by atoms with Gasteiger partial charge >= 0.3 is 0 Å². The summed E-state index contributed by atoms with van der Waals surface area (Å²) < 4.78 is 13.4. The maximum absolute atomic E-state index is 13.4. The van der Waals surface area contributed by atoms with Crippen LogP contribution in [0.1, 0.15) is 0 Å². The Morgan fingerprint density at radius 1 is 0.581 bits per heavy atom. The van der Waals surface area contributed by atoms with E-state index in [-0.39, 0.29) is 5.82 Å². The highest BCUT2D eigenvalue weighted by Gasteiger charge is 2.15. The number of hydrogen-bond donors (Lipinski definition) is 1. The number of aromatic amines is 1. The molecule has 0 bridgehead atoms. The van der Waals surface area contributed by atoms with Crippen LogP contribution in [0, 0.1) is 5.82 Å². The lowest BCUT2D eigenvalue weighted by Gasteiger charge is -2.05. The first kappa shape index (κ1) is 19.3. The fourth-order valence-corrected chi connectivity index (χ4v) is 4.28. The summed E-state index contributed by atoms with van der Waals surface area (Å²) in [6, 6.07) is 35.3. The van der Waals surface area contributed by atoms with Gasteiger partial charge in [-0.2, -0.15) is 0 Å². The third kappa shape index (κ3) is 4.30. The van der Waals surface area contributed by atoms with Crippen molar-refractivity contribution in [1.82, 2.24) is 9.97 Å². The Morgan fingerprint density at radius 3 is 1.84 bits per heavy atom. The fourth-order valence-electron chi connectivity index (χ4n) is 3.45. The van der Waals surface area contributed by atoms with E-state index in [1.807, 2.05) is 48.5 Å². The number of aromatic nitrogens is 2. The Morgan fingerprint density at radius 2 is 1.16 bits per heavy atom. The maximum Gasteiger partial charge on any atom is 0.138 e. The van der Waals surface area contributed by atoms with Crippen LogP contribution in [0.4, 0.5) is 4.39 Å². The molecule has 4 heteroatoms. The molecule has 0 amide bonds. The fraction of sp³-hybridized carbons (Fsp3) is 0. The van der Waals surface area contributed by atoms with E-state index in [4.69, 9.17) is 4.98 Å². The molecule has 150 valence electrons. The SMILES string of the molecule is Fc1ccc(-c2nc(-c3ccccc3)c(-c3ccc(Sc4ccccc4)cc3)[nH]2)cc1. The molecule has 1 aromatic heterocycles. The zero-order valence-corrected chi connectivity index (χ0v) is 17.4. The van der Waals surface area contributed by atoms with Gasteiger partial charge in [-0.05, 0) is 48.5 Å². The molecule has 0 saturated carbocycles. The van der Waals surface area contributed by atoms with Crippen molar-refractivity contribution in [3.63, 3.8) is 0 Å².